The molecule has 0 fully saturated rings. The highest BCUT2D eigenvalue weighted by molar-refractivity contribution is 6.08. The molecule has 5 nitrogen and oxygen atoms in total. The minimum Gasteiger partial charge on any atom is -0.325 e. The van der Waals surface area contributed by atoms with Crippen molar-refractivity contribution in [1.29, 1.82) is 0 Å². The van der Waals surface area contributed by atoms with E-state index in [0.29, 0.717) is 0 Å². The number of carbonyl (C=O) groups is 1. The van der Waals surface area contributed by atoms with Gasteiger partial charge in [-0.25, -0.2) is 0 Å². The van der Waals surface area contributed by atoms with E-state index in [-0.39, 0.29) is 11.6 Å². The third-order valence-electron chi connectivity index (χ3n) is 3.82. The molecule has 1 aliphatic heterocycles. The fourth-order valence-electron chi connectivity index (χ4n) is 2.60. The van der Waals surface area contributed by atoms with E-state index in [1.807, 2.05) is 31.2 Å². The van der Waals surface area contributed by atoms with E-state index in [1.54, 1.807) is 12.1 Å². The lowest BCUT2D eigenvalue weighted by atomic mass is 9.77. The molecule has 1 aliphatic rings. The Hall–Kier alpha value is -2.69. The van der Waals surface area contributed by atoms with E-state index in [0.717, 1.165) is 16.8 Å². The van der Waals surface area contributed by atoms with Gasteiger partial charge in [-0.15, -0.1) is 0 Å². The van der Waals surface area contributed by atoms with Crippen LogP contribution >= 0.6 is 0 Å². The highest BCUT2D eigenvalue weighted by Gasteiger charge is 2.43. The zero-order chi connectivity index (χ0) is 14.3. The van der Waals surface area contributed by atoms with Gasteiger partial charge in [-0.1, -0.05) is 30.3 Å². The molecule has 0 radical (unpaired) electrons. The average Bonchev–Trinajstić information content (AvgIpc) is 2.72. The largest absolute Gasteiger partial charge is 0.325 e. The number of fused-ring (bicyclic) bond motifs is 1. The number of carbonyl (C=O) groups excluding carboxylic acids is 1. The standard InChI is InChI=1S/C15H12N2O3/c1-15(10-6-8-11(9-7-10)17(19)20)12-4-2-3-5-13(12)16-14(15)18/h2-9H,1H3,(H,16,18)/t15-/m0/s1. The summed E-state index contributed by atoms with van der Waals surface area (Å²) in [5.74, 6) is -0.118. The van der Waals surface area contributed by atoms with Crippen LogP contribution in [0.15, 0.2) is 48.5 Å². The second-order valence-electron chi connectivity index (χ2n) is 4.93. The second kappa shape index (κ2) is 4.16. The van der Waals surface area contributed by atoms with E-state index < -0.39 is 10.3 Å². The van der Waals surface area contributed by atoms with Crippen molar-refractivity contribution in [3.8, 4) is 0 Å². The summed E-state index contributed by atoms with van der Waals surface area (Å²) in [5, 5.41) is 13.6. The summed E-state index contributed by atoms with van der Waals surface area (Å²) in [6, 6.07) is 13.6. The number of para-hydroxylation sites is 1. The summed E-state index contributed by atoms with van der Waals surface area (Å²) in [7, 11) is 0. The van der Waals surface area contributed by atoms with Crippen molar-refractivity contribution < 1.29 is 9.72 Å². The van der Waals surface area contributed by atoms with E-state index in [4.69, 9.17) is 0 Å². The van der Waals surface area contributed by atoms with Crippen LogP contribution in [0.2, 0.25) is 0 Å². The lowest BCUT2D eigenvalue weighted by Gasteiger charge is -2.22. The molecule has 0 saturated carbocycles. The first-order valence-corrected chi connectivity index (χ1v) is 6.19. The predicted molar refractivity (Wildman–Crippen MR) is 74.6 cm³/mol. The van der Waals surface area contributed by atoms with Gasteiger partial charge in [-0.05, 0) is 24.1 Å². The van der Waals surface area contributed by atoms with Gasteiger partial charge in [-0.3, -0.25) is 14.9 Å². The van der Waals surface area contributed by atoms with Gasteiger partial charge in [0.1, 0.15) is 0 Å². The monoisotopic (exact) mass is 268 g/mol. The number of nitro benzene ring substituents is 1. The Bertz CT molecular complexity index is 709. The number of nitrogens with zero attached hydrogens (tertiary/aromatic N) is 1. The number of nitro groups is 1. The smallest absolute Gasteiger partial charge is 0.269 e. The molecule has 3 rings (SSSR count). The van der Waals surface area contributed by atoms with E-state index >= 15 is 0 Å². The van der Waals surface area contributed by atoms with Crippen molar-refractivity contribution in [3.63, 3.8) is 0 Å². The second-order valence-corrected chi connectivity index (χ2v) is 4.93. The molecule has 0 saturated heterocycles. The third kappa shape index (κ3) is 1.60. The fourth-order valence-corrected chi connectivity index (χ4v) is 2.60. The Morgan fingerprint density at radius 2 is 1.75 bits per heavy atom. The van der Waals surface area contributed by atoms with Crippen molar-refractivity contribution in [2.75, 3.05) is 5.32 Å². The van der Waals surface area contributed by atoms with Gasteiger partial charge in [0.15, 0.2) is 0 Å². The Kier molecular flexibility index (Phi) is 2.57. The maximum Gasteiger partial charge on any atom is 0.269 e. The molecule has 100 valence electrons. The van der Waals surface area contributed by atoms with Crippen LogP contribution in [0.1, 0.15) is 18.1 Å². The minimum atomic E-state index is -0.814. The molecule has 20 heavy (non-hydrogen) atoms. The molecule has 1 atom stereocenters. The lowest BCUT2D eigenvalue weighted by molar-refractivity contribution is -0.384. The zero-order valence-corrected chi connectivity index (χ0v) is 10.8. The molecule has 2 aromatic carbocycles. The van der Waals surface area contributed by atoms with Crippen LogP contribution in [0.3, 0.4) is 0 Å². The number of amides is 1. The molecule has 5 heteroatoms. The summed E-state index contributed by atoms with van der Waals surface area (Å²) in [6.07, 6.45) is 0. The first kappa shape index (κ1) is 12.3. The molecule has 0 bridgehead atoms. The zero-order valence-electron chi connectivity index (χ0n) is 10.8. The number of hydrogen-bond donors (Lipinski definition) is 1. The van der Waals surface area contributed by atoms with Gasteiger partial charge < -0.3 is 5.32 Å². The number of non-ortho nitro benzene ring substituents is 1. The van der Waals surface area contributed by atoms with Gasteiger partial charge in [0, 0.05) is 17.8 Å². The van der Waals surface area contributed by atoms with Crippen LogP contribution in [0.4, 0.5) is 11.4 Å². The van der Waals surface area contributed by atoms with Crippen molar-refractivity contribution in [1.82, 2.24) is 0 Å². The van der Waals surface area contributed by atoms with Crippen molar-refractivity contribution in [3.05, 3.63) is 69.8 Å². The summed E-state index contributed by atoms with van der Waals surface area (Å²) >= 11 is 0. The molecule has 1 N–H and O–H groups in total. The maximum atomic E-state index is 12.3. The van der Waals surface area contributed by atoms with E-state index in [2.05, 4.69) is 5.32 Å². The Morgan fingerprint density at radius 1 is 1.10 bits per heavy atom. The summed E-state index contributed by atoms with van der Waals surface area (Å²) in [5.41, 5.74) is 1.62. The van der Waals surface area contributed by atoms with Crippen LogP contribution < -0.4 is 5.32 Å². The first-order chi connectivity index (χ1) is 9.53. The van der Waals surface area contributed by atoms with Crippen molar-refractivity contribution in [2.45, 2.75) is 12.3 Å². The summed E-state index contributed by atoms with van der Waals surface area (Å²) in [4.78, 5) is 22.6. The average molecular weight is 268 g/mol. The summed E-state index contributed by atoms with van der Waals surface area (Å²) in [6.45, 7) is 1.83. The Balaban J connectivity index is 2.12. The molecule has 0 aliphatic carbocycles. The molecular formula is C15H12N2O3. The van der Waals surface area contributed by atoms with Crippen LogP contribution in [-0.4, -0.2) is 10.8 Å². The van der Waals surface area contributed by atoms with Crippen molar-refractivity contribution in [2.24, 2.45) is 0 Å². The normalized spacial score (nSPS) is 20.4. The van der Waals surface area contributed by atoms with Gasteiger partial charge in [0.25, 0.3) is 5.69 Å². The molecule has 0 unspecified atom stereocenters. The van der Waals surface area contributed by atoms with Crippen LogP contribution in [0, 0.1) is 10.1 Å². The molecule has 2 aromatic rings. The van der Waals surface area contributed by atoms with Gasteiger partial charge in [0.05, 0.1) is 10.3 Å². The van der Waals surface area contributed by atoms with Crippen LogP contribution in [0.25, 0.3) is 0 Å². The third-order valence-corrected chi connectivity index (χ3v) is 3.82. The van der Waals surface area contributed by atoms with Crippen molar-refractivity contribution >= 4 is 17.3 Å². The molecule has 1 heterocycles. The quantitative estimate of drug-likeness (QED) is 0.672. The number of benzene rings is 2. The molecular weight excluding hydrogens is 256 g/mol. The molecule has 1 amide bonds. The van der Waals surface area contributed by atoms with E-state index in [1.165, 1.54) is 12.1 Å². The van der Waals surface area contributed by atoms with Gasteiger partial charge >= 0.3 is 0 Å². The number of nitrogens with one attached hydrogen (secondary N) is 1. The lowest BCUT2D eigenvalue weighted by Crippen LogP contribution is -2.32. The highest BCUT2D eigenvalue weighted by Crippen LogP contribution is 2.42. The fraction of sp³-hybridized carbons (Fsp3) is 0.133. The molecule has 0 spiro atoms. The first-order valence-electron chi connectivity index (χ1n) is 6.19. The Morgan fingerprint density at radius 3 is 2.40 bits per heavy atom. The number of hydrogen-bond acceptors (Lipinski definition) is 3. The van der Waals surface area contributed by atoms with Gasteiger partial charge in [-0.2, -0.15) is 0 Å². The number of rotatable bonds is 2. The Labute approximate surface area is 115 Å². The molecule has 0 aromatic heterocycles. The topological polar surface area (TPSA) is 72.2 Å². The number of anilines is 1. The predicted octanol–water partition coefficient (Wildman–Crippen LogP) is 2.85. The van der Waals surface area contributed by atoms with Crippen LogP contribution in [-0.2, 0) is 10.2 Å². The van der Waals surface area contributed by atoms with Gasteiger partial charge in [0.2, 0.25) is 5.91 Å². The van der Waals surface area contributed by atoms with E-state index in [9.17, 15) is 14.9 Å². The summed E-state index contributed by atoms with van der Waals surface area (Å²) < 4.78 is 0. The highest BCUT2D eigenvalue weighted by atomic mass is 16.6. The SMILES string of the molecule is C[C@@]1(c2ccc([N+](=O)[O-])cc2)C(=O)Nc2ccccc21. The van der Waals surface area contributed by atoms with Crippen LogP contribution in [0.5, 0.6) is 0 Å². The maximum absolute atomic E-state index is 12.3. The minimum absolute atomic E-state index is 0.0176.